The molecule has 0 saturated heterocycles. The van der Waals surface area contributed by atoms with Crippen molar-refractivity contribution in [2.45, 2.75) is 0 Å². The van der Waals surface area contributed by atoms with Crippen molar-refractivity contribution < 1.29 is 0 Å². The zero-order valence-corrected chi connectivity index (χ0v) is 30.6. The molecule has 0 aliphatic rings. The molecule has 11 rings (SSSR count). The second kappa shape index (κ2) is 13.2. The van der Waals surface area contributed by atoms with Gasteiger partial charge in [0.15, 0.2) is 0 Å². The van der Waals surface area contributed by atoms with E-state index in [2.05, 4.69) is 153 Å². The zero-order valence-electron chi connectivity index (χ0n) is 29.8. The quantitative estimate of drug-likeness (QED) is 0.168. The van der Waals surface area contributed by atoms with E-state index in [-0.39, 0.29) is 0 Å². The molecular weight excluding hydrogens is 707 g/mol. The number of nitrogens with zero attached hydrogens (tertiary/aromatic N) is 7. The SMILES string of the molecule is c1cnc2cnc(-c3ccc(N(c4ccc(-c5cc6cccnc6cn5)cc4)c4ccc5cc(-c6ncnc7c6sc6ccccc67)ccc5c4)cc3)cc2c1. The van der Waals surface area contributed by atoms with Crippen LogP contribution in [-0.4, -0.2) is 29.9 Å². The minimum absolute atomic E-state index is 0.881. The first-order valence-corrected chi connectivity index (χ1v) is 19.1. The summed E-state index contributed by atoms with van der Waals surface area (Å²) in [6, 6.07) is 51.1. The molecule has 0 bridgehead atoms. The average Bonchev–Trinajstić information content (AvgIpc) is 3.66. The Morgan fingerprint density at radius 1 is 0.429 bits per heavy atom. The molecule has 0 saturated carbocycles. The van der Waals surface area contributed by atoms with Crippen molar-refractivity contribution in [1.29, 1.82) is 0 Å². The molecule has 8 heteroatoms. The van der Waals surface area contributed by atoms with Crippen LogP contribution in [0, 0.1) is 0 Å². The first-order valence-electron chi connectivity index (χ1n) is 18.3. The van der Waals surface area contributed by atoms with E-state index in [0.29, 0.717) is 0 Å². The van der Waals surface area contributed by atoms with E-state index in [0.717, 1.165) is 93.6 Å². The van der Waals surface area contributed by atoms with Gasteiger partial charge in [0.2, 0.25) is 0 Å². The standard InChI is InChI=1S/C48H29N7S/c1-2-8-45-40(7-1)47-48(56-45)46(53-29-54-47)36-10-9-33-24-39(20-15-32(33)23-36)55(37-16-11-30(12-17-37)41-25-34-5-3-21-49-43(34)27-51-41)38-18-13-31(14-19-38)42-26-35-6-4-22-50-44(35)28-52-42/h1-29H. The third-order valence-corrected chi connectivity index (χ3v) is 11.5. The Hall–Kier alpha value is -7.42. The van der Waals surface area contributed by atoms with Crippen LogP contribution < -0.4 is 4.90 Å². The summed E-state index contributed by atoms with van der Waals surface area (Å²) in [6.45, 7) is 0. The van der Waals surface area contributed by atoms with Gasteiger partial charge in [0.05, 0.1) is 50.7 Å². The van der Waals surface area contributed by atoms with Gasteiger partial charge in [0.25, 0.3) is 0 Å². The Balaban J connectivity index is 0.987. The average molecular weight is 736 g/mol. The number of anilines is 3. The van der Waals surface area contributed by atoms with E-state index < -0.39 is 0 Å². The lowest BCUT2D eigenvalue weighted by Crippen LogP contribution is -2.10. The number of hydrogen-bond acceptors (Lipinski definition) is 8. The van der Waals surface area contributed by atoms with E-state index in [4.69, 9.17) is 15.0 Å². The monoisotopic (exact) mass is 735 g/mol. The molecule has 0 aliphatic carbocycles. The fourth-order valence-electron chi connectivity index (χ4n) is 7.52. The largest absolute Gasteiger partial charge is 0.310 e. The summed E-state index contributed by atoms with van der Waals surface area (Å²) in [6.07, 6.45) is 8.94. The predicted molar refractivity (Wildman–Crippen MR) is 230 cm³/mol. The normalized spacial score (nSPS) is 11.6. The highest BCUT2D eigenvalue weighted by atomic mass is 32.1. The Morgan fingerprint density at radius 2 is 1.02 bits per heavy atom. The summed E-state index contributed by atoms with van der Waals surface area (Å²) in [5.74, 6) is 0. The van der Waals surface area contributed by atoms with Crippen LogP contribution in [0.5, 0.6) is 0 Å². The van der Waals surface area contributed by atoms with Crippen LogP contribution in [-0.2, 0) is 0 Å². The second-order valence-corrected chi connectivity index (χ2v) is 14.8. The molecule has 6 aromatic heterocycles. The minimum atomic E-state index is 0.881. The maximum Gasteiger partial charge on any atom is 0.116 e. The Morgan fingerprint density at radius 3 is 1.70 bits per heavy atom. The van der Waals surface area contributed by atoms with Gasteiger partial charge < -0.3 is 4.90 Å². The van der Waals surface area contributed by atoms with Gasteiger partial charge >= 0.3 is 0 Å². The Bertz CT molecular complexity index is 3150. The zero-order chi connectivity index (χ0) is 37.0. The second-order valence-electron chi connectivity index (χ2n) is 13.7. The molecule has 5 aromatic carbocycles. The topological polar surface area (TPSA) is 80.6 Å². The highest BCUT2D eigenvalue weighted by Crippen LogP contribution is 2.41. The van der Waals surface area contributed by atoms with E-state index in [1.165, 1.54) is 10.1 Å². The molecular formula is C48H29N7S. The van der Waals surface area contributed by atoms with Gasteiger partial charge in [-0.05, 0) is 83.6 Å². The van der Waals surface area contributed by atoms with E-state index >= 15 is 0 Å². The molecule has 0 amide bonds. The van der Waals surface area contributed by atoms with Crippen molar-refractivity contribution in [2.24, 2.45) is 0 Å². The Kier molecular flexibility index (Phi) is 7.53. The number of thiophene rings is 1. The molecule has 7 nitrogen and oxygen atoms in total. The van der Waals surface area contributed by atoms with Crippen LogP contribution in [0.3, 0.4) is 0 Å². The molecule has 0 aliphatic heterocycles. The molecule has 6 heterocycles. The number of aromatic nitrogens is 6. The van der Waals surface area contributed by atoms with E-state index in [9.17, 15) is 0 Å². The highest BCUT2D eigenvalue weighted by Gasteiger charge is 2.17. The highest BCUT2D eigenvalue weighted by molar-refractivity contribution is 7.26. The molecule has 11 aromatic rings. The maximum atomic E-state index is 4.77. The summed E-state index contributed by atoms with van der Waals surface area (Å²) < 4.78 is 2.32. The van der Waals surface area contributed by atoms with Crippen LogP contribution in [0.25, 0.3) is 86.7 Å². The fraction of sp³-hybridized carbons (Fsp3) is 0. The summed E-state index contributed by atoms with van der Waals surface area (Å²) >= 11 is 1.74. The van der Waals surface area contributed by atoms with Gasteiger partial charge in [-0.25, -0.2) is 9.97 Å². The molecule has 0 fully saturated rings. The molecule has 262 valence electrons. The Labute approximate surface area is 325 Å². The number of pyridine rings is 4. The van der Waals surface area contributed by atoms with Crippen molar-refractivity contribution in [2.75, 3.05) is 4.90 Å². The number of fused-ring (bicyclic) bond motifs is 6. The number of hydrogen-bond donors (Lipinski definition) is 0. The summed E-state index contributed by atoms with van der Waals surface area (Å²) in [5.41, 5.74) is 11.8. The third kappa shape index (κ3) is 5.59. The van der Waals surface area contributed by atoms with Crippen LogP contribution >= 0.6 is 11.3 Å². The first-order chi connectivity index (χ1) is 27.7. The van der Waals surface area contributed by atoms with Crippen LogP contribution in [0.2, 0.25) is 0 Å². The van der Waals surface area contributed by atoms with Gasteiger partial charge in [0, 0.05) is 67.0 Å². The van der Waals surface area contributed by atoms with Crippen molar-refractivity contribution in [3.63, 3.8) is 0 Å². The van der Waals surface area contributed by atoms with Gasteiger partial charge in [-0.3, -0.25) is 19.9 Å². The van der Waals surface area contributed by atoms with Crippen LogP contribution in [0.15, 0.2) is 177 Å². The summed E-state index contributed by atoms with van der Waals surface area (Å²) in [7, 11) is 0. The van der Waals surface area contributed by atoms with Crippen molar-refractivity contribution in [3.05, 3.63) is 177 Å². The summed E-state index contributed by atoms with van der Waals surface area (Å²) in [5, 5.41) is 5.56. The summed E-state index contributed by atoms with van der Waals surface area (Å²) in [4.78, 5) is 30.0. The third-order valence-electron chi connectivity index (χ3n) is 10.3. The predicted octanol–water partition coefficient (Wildman–Crippen LogP) is 12.4. The van der Waals surface area contributed by atoms with Crippen molar-refractivity contribution >= 4 is 81.3 Å². The molecule has 0 spiro atoms. The smallest absolute Gasteiger partial charge is 0.116 e. The van der Waals surface area contributed by atoms with Crippen LogP contribution in [0.1, 0.15) is 0 Å². The lowest BCUT2D eigenvalue weighted by molar-refractivity contribution is 1.24. The van der Waals surface area contributed by atoms with E-state index in [1.54, 1.807) is 30.1 Å². The fourth-order valence-corrected chi connectivity index (χ4v) is 8.69. The van der Waals surface area contributed by atoms with Gasteiger partial charge in [-0.2, -0.15) is 0 Å². The number of rotatable bonds is 6. The van der Waals surface area contributed by atoms with Gasteiger partial charge in [-0.1, -0.05) is 72.8 Å². The lowest BCUT2D eigenvalue weighted by atomic mass is 10.0. The molecule has 56 heavy (non-hydrogen) atoms. The molecule has 0 unspecified atom stereocenters. The lowest BCUT2D eigenvalue weighted by Gasteiger charge is -2.26. The maximum absolute atomic E-state index is 4.77. The van der Waals surface area contributed by atoms with Crippen LogP contribution in [0.4, 0.5) is 17.1 Å². The van der Waals surface area contributed by atoms with Crippen molar-refractivity contribution in [1.82, 2.24) is 29.9 Å². The van der Waals surface area contributed by atoms with Crippen molar-refractivity contribution in [3.8, 4) is 33.8 Å². The minimum Gasteiger partial charge on any atom is -0.310 e. The molecule has 0 N–H and O–H groups in total. The van der Waals surface area contributed by atoms with Gasteiger partial charge in [-0.15, -0.1) is 11.3 Å². The number of benzene rings is 5. The van der Waals surface area contributed by atoms with E-state index in [1.807, 2.05) is 24.5 Å². The van der Waals surface area contributed by atoms with Gasteiger partial charge in [0.1, 0.15) is 6.33 Å². The molecule has 0 radical (unpaired) electrons. The first kappa shape index (κ1) is 32.0. The molecule has 0 atom stereocenters.